The molecule has 2 heterocycles. The van der Waals surface area contributed by atoms with Crippen molar-refractivity contribution >= 4 is 17.0 Å². The first-order chi connectivity index (χ1) is 15.7. The van der Waals surface area contributed by atoms with Crippen molar-refractivity contribution in [2.45, 2.75) is 20.0 Å². The van der Waals surface area contributed by atoms with Gasteiger partial charge in [-0.2, -0.15) is 0 Å². The van der Waals surface area contributed by atoms with Crippen LogP contribution in [0.1, 0.15) is 18.2 Å². The summed E-state index contributed by atoms with van der Waals surface area (Å²) in [4.78, 5) is 9.62. The molecule has 1 fully saturated rings. The van der Waals surface area contributed by atoms with E-state index in [9.17, 15) is 0 Å². The lowest BCUT2D eigenvalue weighted by atomic mass is 10.1. The molecule has 1 aliphatic rings. The van der Waals surface area contributed by atoms with E-state index in [2.05, 4.69) is 46.5 Å². The van der Waals surface area contributed by atoms with Crippen molar-refractivity contribution in [1.29, 1.82) is 0 Å². The lowest BCUT2D eigenvalue weighted by Gasteiger charge is -2.31. The fraction of sp³-hybridized carbons (Fsp3) is 0.400. The van der Waals surface area contributed by atoms with E-state index in [0.717, 1.165) is 67.2 Å². The SMILES string of the molecule is CCOc1ccc(-c2nc(CN(C)Cc3ccccc3N3CCOCC3)cs2)cc1OC. The zero-order valence-electron chi connectivity index (χ0n) is 19.0. The Balaban J connectivity index is 1.43. The second-order valence-corrected chi connectivity index (χ2v) is 8.70. The number of hydrogen-bond acceptors (Lipinski definition) is 7. The highest BCUT2D eigenvalue weighted by Gasteiger charge is 2.16. The molecule has 0 amide bonds. The van der Waals surface area contributed by atoms with Crippen LogP contribution >= 0.6 is 11.3 Å². The smallest absolute Gasteiger partial charge is 0.161 e. The Bertz CT molecular complexity index is 1020. The summed E-state index contributed by atoms with van der Waals surface area (Å²) in [5.74, 6) is 1.49. The van der Waals surface area contributed by atoms with E-state index >= 15 is 0 Å². The van der Waals surface area contributed by atoms with Gasteiger partial charge >= 0.3 is 0 Å². The molecule has 7 heteroatoms. The molecular formula is C25H31N3O3S. The highest BCUT2D eigenvalue weighted by atomic mass is 32.1. The molecule has 0 spiro atoms. The fourth-order valence-electron chi connectivity index (χ4n) is 3.97. The van der Waals surface area contributed by atoms with E-state index in [0.29, 0.717) is 6.61 Å². The van der Waals surface area contributed by atoms with Crippen molar-refractivity contribution in [2.75, 3.05) is 52.0 Å². The summed E-state index contributed by atoms with van der Waals surface area (Å²) in [6, 6.07) is 14.7. The molecule has 3 aromatic rings. The summed E-state index contributed by atoms with van der Waals surface area (Å²) >= 11 is 1.66. The topological polar surface area (TPSA) is 47.1 Å². The van der Waals surface area contributed by atoms with E-state index < -0.39 is 0 Å². The van der Waals surface area contributed by atoms with Crippen molar-refractivity contribution in [3.8, 4) is 22.1 Å². The summed E-state index contributed by atoms with van der Waals surface area (Å²) in [5, 5.41) is 3.13. The molecule has 2 aromatic carbocycles. The van der Waals surface area contributed by atoms with Gasteiger partial charge in [-0.25, -0.2) is 4.98 Å². The minimum absolute atomic E-state index is 0.609. The number of aromatic nitrogens is 1. The van der Waals surface area contributed by atoms with Crippen LogP contribution in [0.5, 0.6) is 11.5 Å². The van der Waals surface area contributed by atoms with Crippen LogP contribution in [0.3, 0.4) is 0 Å². The minimum atomic E-state index is 0.609. The van der Waals surface area contributed by atoms with Gasteiger partial charge in [0.2, 0.25) is 0 Å². The summed E-state index contributed by atoms with van der Waals surface area (Å²) in [5.41, 5.74) is 4.76. The number of thiazole rings is 1. The van der Waals surface area contributed by atoms with E-state index in [1.165, 1.54) is 11.3 Å². The molecule has 0 unspecified atom stereocenters. The van der Waals surface area contributed by atoms with E-state index in [4.69, 9.17) is 19.2 Å². The van der Waals surface area contributed by atoms with Gasteiger partial charge in [-0.15, -0.1) is 11.3 Å². The molecule has 0 radical (unpaired) electrons. The molecule has 0 atom stereocenters. The zero-order valence-corrected chi connectivity index (χ0v) is 19.9. The fourth-order valence-corrected chi connectivity index (χ4v) is 4.78. The van der Waals surface area contributed by atoms with Gasteiger partial charge in [0.1, 0.15) is 5.01 Å². The average Bonchev–Trinajstić information content (AvgIpc) is 3.28. The molecule has 4 rings (SSSR count). The summed E-state index contributed by atoms with van der Waals surface area (Å²) < 4.78 is 16.6. The van der Waals surface area contributed by atoms with Gasteiger partial charge in [0.15, 0.2) is 11.5 Å². The third-order valence-corrected chi connectivity index (χ3v) is 6.42. The Morgan fingerprint density at radius 2 is 1.91 bits per heavy atom. The number of hydrogen-bond donors (Lipinski definition) is 0. The van der Waals surface area contributed by atoms with Gasteiger partial charge in [0.05, 0.1) is 32.6 Å². The Morgan fingerprint density at radius 3 is 2.69 bits per heavy atom. The molecule has 0 aliphatic carbocycles. The molecule has 170 valence electrons. The summed E-state index contributed by atoms with van der Waals surface area (Å²) in [7, 11) is 3.81. The highest BCUT2D eigenvalue weighted by molar-refractivity contribution is 7.13. The second kappa shape index (κ2) is 10.8. The maximum absolute atomic E-state index is 5.63. The molecule has 0 bridgehead atoms. The number of anilines is 1. The van der Waals surface area contributed by atoms with Gasteiger partial charge in [0.25, 0.3) is 0 Å². The molecule has 1 aromatic heterocycles. The predicted molar refractivity (Wildman–Crippen MR) is 130 cm³/mol. The summed E-state index contributed by atoms with van der Waals surface area (Å²) in [6.45, 7) is 7.72. The van der Waals surface area contributed by atoms with Crippen LogP contribution in [0.15, 0.2) is 47.8 Å². The average molecular weight is 454 g/mol. The van der Waals surface area contributed by atoms with Crippen LogP contribution in [0.2, 0.25) is 0 Å². The Kier molecular flexibility index (Phi) is 7.63. The molecule has 1 saturated heterocycles. The van der Waals surface area contributed by atoms with Crippen molar-refractivity contribution < 1.29 is 14.2 Å². The number of nitrogens with zero attached hydrogens (tertiary/aromatic N) is 3. The third-order valence-electron chi connectivity index (χ3n) is 5.48. The zero-order chi connectivity index (χ0) is 22.3. The quantitative estimate of drug-likeness (QED) is 0.469. The van der Waals surface area contributed by atoms with E-state index in [1.54, 1.807) is 18.4 Å². The van der Waals surface area contributed by atoms with Gasteiger partial charge in [-0.05, 0) is 43.8 Å². The number of methoxy groups -OCH3 is 1. The van der Waals surface area contributed by atoms with Gasteiger partial charge in [-0.3, -0.25) is 4.90 Å². The Morgan fingerprint density at radius 1 is 1.09 bits per heavy atom. The normalized spacial score (nSPS) is 14.1. The van der Waals surface area contributed by atoms with Crippen LogP contribution in [-0.4, -0.2) is 57.0 Å². The number of morpholine rings is 1. The van der Waals surface area contributed by atoms with Crippen LogP contribution in [0.4, 0.5) is 5.69 Å². The summed E-state index contributed by atoms with van der Waals surface area (Å²) in [6.07, 6.45) is 0. The molecular weight excluding hydrogens is 422 g/mol. The predicted octanol–water partition coefficient (Wildman–Crippen LogP) is 4.69. The number of para-hydroxylation sites is 1. The van der Waals surface area contributed by atoms with E-state index in [-0.39, 0.29) is 0 Å². The lowest BCUT2D eigenvalue weighted by molar-refractivity contribution is 0.122. The maximum atomic E-state index is 5.63. The second-order valence-electron chi connectivity index (χ2n) is 7.84. The van der Waals surface area contributed by atoms with Gasteiger partial charge in [0, 0.05) is 42.8 Å². The Labute approximate surface area is 194 Å². The van der Waals surface area contributed by atoms with Crippen molar-refractivity contribution in [3.05, 3.63) is 59.1 Å². The third kappa shape index (κ3) is 5.41. The van der Waals surface area contributed by atoms with Crippen molar-refractivity contribution in [1.82, 2.24) is 9.88 Å². The standard InChI is InChI=1S/C25H31N3O3S/c1-4-31-23-10-9-19(15-24(23)29-3)25-26-21(18-32-25)17-27(2)16-20-7-5-6-8-22(20)28-11-13-30-14-12-28/h5-10,15,18H,4,11-14,16-17H2,1-3H3. The molecule has 32 heavy (non-hydrogen) atoms. The first-order valence-corrected chi connectivity index (χ1v) is 11.9. The maximum Gasteiger partial charge on any atom is 0.161 e. The largest absolute Gasteiger partial charge is 0.493 e. The monoisotopic (exact) mass is 453 g/mol. The molecule has 1 aliphatic heterocycles. The number of rotatable bonds is 9. The van der Waals surface area contributed by atoms with Crippen molar-refractivity contribution in [2.24, 2.45) is 0 Å². The first kappa shape index (κ1) is 22.6. The molecule has 6 nitrogen and oxygen atoms in total. The van der Waals surface area contributed by atoms with Crippen LogP contribution in [0.25, 0.3) is 10.6 Å². The van der Waals surface area contributed by atoms with Crippen LogP contribution in [0, 0.1) is 0 Å². The number of ether oxygens (including phenoxy) is 3. The molecule has 0 N–H and O–H groups in total. The minimum Gasteiger partial charge on any atom is -0.493 e. The van der Waals surface area contributed by atoms with Gasteiger partial charge in [-0.1, -0.05) is 18.2 Å². The Hall–Kier alpha value is -2.61. The van der Waals surface area contributed by atoms with Gasteiger partial charge < -0.3 is 19.1 Å². The van der Waals surface area contributed by atoms with Crippen LogP contribution < -0.4 is 14.4 Å². The van der Waals surface area contributed by atoms with E-state index in [1.807, 2.05) is 25.1 Å². The highest BCUT2D eigenvalue weighted by Crippen LogP contribution is 2.34. The number of benzene rings is 2. The van der Waals surface area contributed by atoms with Crippen LogP contribution in [-0.2, 0) is 17.8 Å². The lowest BCUT2D eigenvalue weighted by Crippen LogP contribution is -2.37. The first-order valence-electron chi connectivity index (χ1n) is 11.0. The molecule has 0 saturated carbocycles. The van der Waals surface area contributed by atoms with Crippen molar-refractivity contribution in [3.63, 3.8) is 0 Å².